The van der Waals surface area contributed by atoms with Crippen LogP contribution >= 0.6 is 51.9 Å². The number of hydrogen-bond donors (Lipinski definition) is 1. The second-order valence-electron chi connectivity index (χ2n) is 9.51. The monoisotopic (exact) mass is 656 g/mol. The van der Waals surface area contributed by atoms with Gasteiger partial charge in [0.1, 0.15) is 0 Å². The second-order valence-corrected chi connectivity index (χ2v) is 12.5. The molecular formula is C30H30BrClN4O2S2. The van der Waals surface area contributed by atoms with E-state index in [9.17, 15) is 9.59 Å². The molecule has 2 fully saturated rings. The Morgan fingerprint density at radius 3 is 1.95 bits per heavy atom. The molecule has 0 radical (unpaired) electrons. The lowest BCUT2D eigenvalue weighted by Crippen LogP contribution is -2.35. The third-order valence-electron chi connectivity index (χ3n) is 6.70. The molecule has 208 valence electrons. The number of nitrogens with zero attached hydrogens (tertiary/aromatic N) is 3. The highest BCUT2D eigenvalue weighted by atomic mass is 79.9. The highest BCUT2D eigenvalue weighted by Crippen LogP contribution is 2.35. The van der Waals surface area contributed by atoms with Crippen LogP contribution in [0.5, 0.6) is 0 Å². The van der Waals surface area contributed by atoms with E-state index < -0.39 is 0 Å². The number of benzene rings is 2. The number of alkyl halides is 1. The number of rotatable bonds is 3. The molecule has 0 spiro atoms. The van der Waals surface area contributed by atoms with Gasteiger partial charge in [-0.1, -0.05) is 63.7 Å². The van der Waals surface area contributed by atoms with Crippen LogP contribution in [0.15, 0.2) is 71.8 Å². The fraction of sp³-hybridized carbons (Fsp3) is 0.333. The van der Waals surface area contributed by atoms with Gasteiger partial charge in [-0.25, -0.2) is 0 Å². The summed E-state index contributed by atoms with van der Waals surface area (Å²) in [5.74, 6) is 0. The smallest absolute Gasteiger partial charge is 0.212 e. The molecule has 2 unspecified atom stereocenters. The molecule has 2 aromatic rings. The first-order valence-corrected chi connectivity index (χ1v) is 15.6. The molecule has 4 aliphatic heterocycles. The van der Waals surface area contributed by atoms with Gasteiger partial charge in [0.25, 0.3) is 0 Å². The van der Waals surface area contributed by atoms with Gasteiger partial charge in [-0.2, -0.15) is 10.5 Å². The van der Waals surface area contributed by atoms with Crippen LogP contribution in [0.1, 0.15) is 35.1 Å². The van der Waals surface area contributed by atoms with Crippen LogP contribution in [0, 0.1) is 22.7 Å². The summed E-state index contributed by atoms with van der Waals surface area (Å²) >= 11 is 6.27. The van der Waals surface area contributed by atoms with Gasteiger partial charge in [0.05, 0.1) is 23.3 Å². The minimum atomic E-state index is 0. The molecule has 6 nitrogen and oxygen atoms in total. The van der Waals surface area contributed by atoms with Crippen LogP contribution in [-0.4, -0.2) is 51.8 Å². The molecule has 2 aromatic carbocycles. The summed E-state index contributed by atoms with van der Waals surface area (Å²) in [5.41, 5.74) is 6.39. The van der Waals surface area contributed by atoms with Crippen LogP contribution in [0.2, 0.25) is 0 Å². The summed E-state index contributed by atoms with van der Waals surface area (Å²) in [5, 5.41) is 22.7. The topological polar surface area (TPSA) is 97.0 Å². The van der Waals surface area contributed by atoms with Crippen molar-refractivity contribution in [1.29, 1.82) is 10.5 Å². The standard InChI is InChI=1S/C15H14N2OS.C8H6BrN.C7H9NOS.ClH/c16-8-11-1-3-12(4-2-11)9-17-6-5-14-13(10-17)7-15(18)19-14;9-5-7-1-3-8(6-10)4-2-7;9-7-3-5-4-8-2-1-6(5)10-7;/h1-4,7,14H,5-6,9-10H2;1-4H,5H2;3,6,8H,1-2,4H2;1H. The Balaban J connectivity index is 0.000000178. The number of likely N-dealkylation sites (tertiary alicyclic amines) is 1. The van der Waals surface area contributed by atoms with Crippen LogP contribution in [-0.2, 0) is 21.5 Å². The summed E-state index contributed by atoms with van der Waals surface area (Å²) < 4.78 is 0. The van der Waals surface area contributed by atoms with Crippen LogP contribution in [0.25, 0.3) is 0 Å². The Hall–Kier alpha value is -2.37. The molecule has 4 heterocycles. The lowest BCUT2D eigenvalue weighted by Gasteiger charge is -2.31. The van der Waals surface area contributed by atoms with E-state index in [2.05, 4.69) is 38.3 Å². The number of nitrogens with one attached hydrogen (secondary N) is 1. The average Bonchev–Trinajstić information content (AvgIpc) is 3.54. The Kier molecular flexibility index (Phi) is 13.0. The number of thioether (sulfide) groups is 2. The van der Waals surface area contributed by atoms with Gasteiger partial charge >= 0.3 is 0 Å². The molecule has 1 N–H and O–H groups in total. The molecule has 0 aliphatic carbocycles. The molecule has 40 heavy (non-hydrogen) atoms. The number of carbonyl (C=O) groups is 2. The number of hydrogen-bond acceptors (Lipinski definition) is 8. The van der Waals surface area contributed by atoms with Gasteiger partial charge in [0.2, 0.25) is 10.2 Å². The third kappa shape index (κ3) is 9.34. The summed E-state index contributed by atoms with van der Waals surface area (Å²) in [6.45, 7) is 4.78. The van der Waals surface area contributed by atoms with Gasteiger partial charge < -0.3 is 5.32 Å². The molecule has 0 saturated carbocycles. The van der Waals surface area contributed by atoms with Crippen molar-refractivity contribution in [3.8, 4) is 12.1 Å². The number of piperidine rings is 2. The van der Waals surface area contributed by atoms with Gasteiger partial charge in [-0.3, -0.25) is 14.5 Å². The first kappa shape index (κ1) is 32.1. The lowest BCUT2D eigenvalue weighted by atomic mass is 10.0. The zero-order valence-electron chi connectivity index (χ0n) is 21.8. The predicted octanol–water partition coefficient (Wildman–Crippen LogP) is 5.76. The summed E-state index contributed by atoms with van der Waals surface area (Å²) in [6.07, 6.45) is 5.75. The normalized spacial score (nSPS) is 21.0. The third-order valence-corrected chi connectivity index (χ3v) is 9.70. The molecule has 2 saturated heterocycles. The van der Waals surface area contributed by atoms with E-state index in [4.69, 9.17) is 10.5 Å². The largest absolute Gasteiger partial charge is 0.313 e. The van der Waals surface area contributed by atoms with E-state index in [1.54, 1.807) is 12.2 Å². The summed E-state index contributed by atoms with van der Waals surface area (Å²) in [4.78, 5) is 24.6. The van der Waals surface area contributed by atoms with E-state index in [-0.39, 0.29) is 22.6 Å². The quantitative estimate of drug-likeness (QED) is 0.417. The van der Waals surface area contributed by atoms with E-state index in [0.717, 1.165) is 50.9 Å². The zero-order valence-corrected chi connectivity index (χ0v) is 25.9. The number of nitriles is 2. The minimum Gasteiger partial charge on any atom is -0.313 e. The van der Waals surface area contributed by atoms with E-state index >= 15 is 0 Å². The summed E-state index contributed by atoms with van der Waals surface area (Å²) in [6, 6.07) is 19.4. The highest BCUT2D eigenvalue weighted by molar-refractivity contribution is 9.08. The summed E-state index contributed by atoms with van der Waals surface area (Å²) in [7, 11) is 0. The van der Waals surface area contributed by atoms with Crippen molar-refractivity contribution in [2.75, 3.05) is 26.2 Å². The van der Waals surface area contributed by atoms with Crippen molar-refractivity contribution >= 4 is 62.1 Å². The Labute approximate surface area is 258 Å². The minimum absolute atomic E-state index is 0. The maximum absolute atomic E-state index is 11.4. The lowest BCUT2D eigenvalue weighted by molar-refractivity contribution is -0.107. The van der Waals surface area contributed by atoms with Crippen molar-refractivity contribution in [3.63, 3.8) is 0 Å². The Morgan fingerprint density at radius 2 is 1.40 bits per heavy atom. The van der Waals surface area contributed by atoms with Crippen molar-refractivity contribution in [2.45, 2.75) is 35.2 Å². The van der Waals surface area contributed by atoms with Crippen LogP contribution < -0.4 is 5.32 Å². The molecule has 10 heteroatoms. The van der Waals surface area contributed by atoms with E-state index in [0.29, 0.717) is 21.6 Å². The number of carbonyl (C=O) groups excluding carboxylic acids is 2. The predicted molar refractivity (Wildman–Crippen MR) is 169 cm³/mol. The fourth-order valence-corrected chi connectivity index (χ4v) is 7.07. The first-order chi connectivity index (χ1) is 19.0. The van der Waals surface area contributed by atoms with Crippen molar-refractivity contribution in [3.05, 3.63) is 94.1 Å². The maximum atomic E-state index is 11.4. The molecular weight excluding hydrogens is 628 g/mol. The molecule has 0 aromatic heterocycles. The van der Waals surface area contributed by atoms with Gasteiger partial charge in [-0.15, -0.1) is 12.4 Å². The SMILES string of the molecule is Cl.N#Cc1ccc(CBr)cc1.N#Cc1ccc(CN2CCC3SC(=O)C=C3C2)cc1.O=C1C=C2CNCCC2S1. The van der Waals surface area contributed by atoms with Crippen molar-refractivity contribution in [1.82, 2.24) is 10.2 Å². The van der Waals surface area contributed by atoms with E-state index in [1.807, 2.05) is 48.5 Å². The highest BCUT2D eigenvalue weighted by Gasteiger charge is 2.31. The van der Waals surface area contributed by atoms with E-state index in [1.165, 1.54) is 45.8 Å². The average molecular weight is 658 g/mol. The second kappa shape index (κ2) is 16.2. The van der Waals surface area contributed by atoms with Gasteiger partial charge in [0.15, 0.2) is 0 Å². The molecule has 2 atom stereocenters. The Morgan fingerprint density at radius 1 is 0.850 bits per heavy atom. The van der Waals surface area contributed by atoms with Crippen LogP contribution in [0.3, 0.4) is 0 Å². The number of fused-ring (bicyclic) bond motifs is 2. The van der Waals surface area contributed by atoms with Crippen molar-refractivity contribution < 1.29 is 9.59 Å². The zero-order chi connectivity index (χ0) is 27.6. The number of halogens is 2. The van der Waals surface area contributed by atoms with Gasteiger partial charge in [-0.05, 0) is 78.1 Å². The van der Waals surface area contributed by atoms with Crippen molar-refractivity contribution in [2.24, 2.45) is 0 Å². The van der Waals surface area contributed by atoms with Crippen LogP contribution in [0.4, 0.5) is 0 Å². The molecule has 6 rings (SSSR count). The molecule has 0 bridgehead atoms. The van der Waals surface area contributed by atoms with Gasteiger partial charge in [0, 0.05) is 42.0 Å². The Bertz CT molecular complexity index is 1330. The molecule has 0 amide bonds. The fourth-order valence-electron chi connectivity index (χ4n) is 4.64. The first-order valence-electron chi connectivity index (χ1n) is 12.8. The maximum Gasteiger partial charge on any atom is 0.212 e. The molecule has 4 aliphatic rings.